The molecular formula is C36H54FN5O9S. The zero-order valence-electron chi connectivity index (χ0n) is 30.8. The number of hydrogen-bond donors (Lipinski definition) is 4. The van der Waals surface area contributed by atoms with E-state index in [9.17, 15) is 36.8 Å². The van der Waals surface area contributed by atoms with E-state index in [0.717, 1.165) is 24.8 Å². The van der Waals surface area contributed by atoms with Crippen LogP contribution in [0.3, 0.4) is 0 Å². The lowest BCUT2D eigenvalue weighted by Gasteiger charge is -2.23. The molecule has 3 atom stereocenters. The number of halogens is 1. The van der Waals surface area contributed by atoms with E-state index >= 15 is 0 Å². The lowest BCUT2D eigenvalue weighted by molar-refractivity contribution is -0.136. The first-order valence-electron chi connectivity index (χ1n) is 17.8. The maximum absolute atomic E-state index is 13.1. The van der Waals surface area contributed by atoms with Gasteiger partial charge in [-0.2, -0.15) is 0 Å². The number of primary amides is 1. The number of rotatable bonds is 11. The Morgan fingerprint density at radius 3 is 2.40 bits per heavy atom. The topological polar surface area (TPSA) is 206 Å². The number of nitrogens with two attached hydrogens (primary N) is 1. The van der Waals surface area contributed by atoms with Crippen molar-refractivity contribution < 1.29 is 46.6 Å². The second-order valence-corrected chi connectivity index (χ2v) is 17.1. The first-order valence-corrected chi connectivity index (χ1v) is 19.3. The van der Waals surface area contributed by atoms with Gasteiger partial charge in [0, 0.05) is 24.6 Å². The fraction of sp³-hybridized carbons (Fsp3) is 0.639. The molecule has 1 aromatic rings. The number of amides is 5. The SMILES string of the molecule is CC(C)(C)OC(=O)NCC(=O)N1CCC[C@H]1C(N)=O.CCCCC/C=C\[C@@H]1C[C@@H]1C(=O)NS(=O)(=O)C1(C)CC1.O=C(O)N1Cc2cccc(F)c2C1. The van der Waals surface area contributed by atoms with Crippen molar-refractivity contribution in [3.8, 4) is 0 Å². The van der Waals surface area contributed by atoms with Crippen LogP contribution in [0.25, 0.3) is 0 Å². The van der Waals surface area contributed by atoms with Crippen LogP contribution in [0.5, 0.6) is 0 Å². The van der Waals surface area contributed by atoms with E-state index in [1.165, 1.54) is 35.1 Å². The van der Waals surface area contributed by atoms with Crippen molar-refractivity contribution in [2.75, 3.05) is 13.1 Å². The highest BCUT2D eigenvalue weighted by molar-refractivity contribution is 7.91. The van der Waals surface area contributed by atoms with Crippen molar-refractivity contribution in [3.63, 3.8) is 0 Å². The van der Waals surface area contributed by atoms with Crippen molar-refractivity contribution in [1.29, 1.82) is 0 Å². The molecule has 2 aliphatic carbocycles. The Bertz CT molecular complexity index is 1610. The molecule has 5 rings (SSSR count). The van der Waals surface area contributed by atoms with E-state index in [1.807, 2.05) is 0 Å². The van der Waals surface area contributed by atoms with Crippen LogP contribution in [0.15, 0.2) is 30.4 Å². The van der Waals surface area contributed by atoms with E-state index in [1.54, 1.807) is 39.8 Å². The summed E-state index contributed by atoms with van der Waals surface area (Å²) in [6, 6.07) is 4.14. The third kappa shape index (κ3) is 12.5. The lowest BCUT2D eigenvalue weighted by atomic mass is 10.1. The third-order valence-corrected chi connectivity index (χ3v) is 11.4. The van der Waals surface area contributed by atoms with Crippen LogP contribution in [0.2, 0.25) is 0 Å². The Morgan fingerprint density at radius 1 is 1.13 bits per heavy atom. The highest BCUT2D eigenvalue weighted by Gasteiger charge is 2.52. The summed E-state index contributed by atoms with van der Waals surface area (Å²) in [5.41, 5.74) is 5.88. The predicted octanol–water partition coefficient (Wildman–Crippen LogP) is 4.56. The standard InChI is InChI=1S/C15H25NO3S.C12H21N3O4.C9H8FNO2/c1-3-4-5-6-7-8-12-11-13(12)14(17)16-20(18,19)15(2)9-10-15;1-12(2,3)19-11(18)14-7-9(16)15-6-4-5-8(15)10(13)17;10-8-3-1-2-6-4-11(9(12)13)5-7(6)8/h7-8,12-13H,3-6,9-11H2,1-2H3,(H,16,17);8H,4-7H2,1-3H3,(H2,13,17)(H,14,18);1-3H,4-5H2,(H,12,13)/b8-7-;;/t12-,13+;8-;/m10./s1. The van der Waals surface area contributed by atoms with Crippen molar-refractivity contribution in [3.05, 3.63) is 47.3 Å². The number of carbonyl (C=O) groups excluding carboxylic acids is 4. The molecule has 52 heavy (non-hydrogen) atoms. The molecule has 2 saturated carbocycles. The summed E-state index contributed by atoms with van der Waals surface area (Å²) in [6.45, 7) is 9.82. The fourth-order valence-electron chi connectivity index (χ4n) is 5.73. The molecule has 0 radical (unpaired) electrons. The molecule has 3 fully saturated rings. The molecule has 1 aromatic carbocycles. The average Bonchev–Trinajstić information content (AvgIpc) is 3.87. The number of nitrogens with zero attached hydrogens (tertiary/aromatic N) is 2. The van der Waals surface area contributed by atoms with Crippen LogP contribution < -0.4 is 15.8 Å². The number of unbranched alkanes of at least 4 members (excludes halogenated alkanes) is 3. The van der Waals surface area contributed by atoms with Gasteiger partial charge in [0.15, 0.2) is 0 Å². The molecule has 2 aliphatic heterocycles. The Kier molecular flexibility index (Phi) is 14.6. The predicted molar refractivity (Wildman–Crippen MR) is 191 cm³/mol. The van der Waals surface area contributed by atoms with Gasteiger partial charge in [0.25, 0.3) is 0 Å². The Balaban J connectivity index is 0.000000215. The molecule has 0 bridgehead atoms. The first-order chi connectivity index (χ1) is 24.3. The van der Waals surface area contributed by atoms with Crippen molar-refractivity contribution in [1.82, 2.24) is 19.8 Å². The largest absolute Gasteiger partial charge is 0.465 e. The molecular weight excluding hydrogens is 697 g/mol. The van der Waals surface area contributed by atoms with Gasteiger partial charge in [0.05, 0.1) is 11.3 Å². The highest BCUT2D eigenvalue weighted by atomic mass is 32.2. The maximum Gasteiger partial charge on any atom is 0.408 e. The second-order valence-electron chi connectivity index (χ2n) is 14.9. The van der Waals surface area contributed by atoms with Crippen LogP contribution in [-0.2, 0) is 42.2 Å². The molecule has 0 unspecified atom stereocenters. The van der Waals surface area contributed by atoms with Gasteiger partial charge in [-0.1, -0.05) is 44.1 Å². The second kappa shape index (κ2) is 18.0. The molecule has 5 N–H and O–H groups in total. The zero-order chi connectivity index (χ0) is 38.9. The number of nitrogens with one attached hydrogen (secondary N) is 2. The summed E-state index contributed by atoms with van der Waals surface area (Å²) < 4.78 is 43.6. The van der Waals surface area contributed by atoms with E-state index < -0.39 is 44.5 Å². The van der Waals surface area contributed by atoms with Gasteiger partial charge in [0.1, 0.15) is 24.0 Å². The number of carbonyl (C=O) groups is 5. The van der Waals surface area contributed by atoms with E-state index in [4.69, 9.17) is 15.6 Å². The van der Waals surface area contributed by atoms with Crippen LogP contribution in [0.4, 0.5) is 14.0 Å². The molecule has 16 heteroatoms. The van der Waals surface area contributed by atoms with E-state index in [2.05, 4.69) is 29.1 Å². The van der Waals surface area contributed by atoms with Crippen molar-refractivity contribution in [2.24, 2.45) is 17.6 Å². The first kappa shape index (κ1) is 42.2. The Labute approximate surface area is 305 Å². The fourth-order valence-corrected chi connectivity index (χ4v) is 7.03. The smallest absolute Gasteiger partial charge is 0.408 e. The van der Waals surface area contributed by atoms with Gasteiger partial charge in [-0.25, -0.2) is 22.4 Å². The number of ether oxygens (including phenoxy) is 1. The number of likely N-dealkylation sites (tertiary alicyclic amines) is 1. The van der Waals surface area contributed by atoms with Gasteiger partial charge in [-0.05, 0) is 90.2 Å². The summed E-state index contributed by atoms with van der Waals surface area (Å²) in [5.74, 6) is -1.38. The monoisotopic (exact) mass is 751 g/mol. The number of carboxylic acid groups (broad SMARTS) is 1. The lowest BCUT2D eigenvalue weighted by Crippen LogP contribution is -2.48. The quantitative estimate of drug-likeness (QED) is 0.184. The number of benzene rings is 1. The molecule has 0 aromatic heterocycles. The molecule has 2 heterocycles. The van der Waals surface area contributed by atoms with Gasteiger partial charge in [-0.3, -0.25) is 24.0 Å². The Morgan fingerprint density at radius 2 is 1.83 bits per heavy atom. The molecule has 4 aliphatic rings. The third-order valence-electron chi connectivity index (χ3n) is 9.25. The number of alkyl carbamates (subject to hydrolysis) is 1. The van der Waals surface area contributed by atoms with Gasteiger partial charge >= 0.3 is 12.2 Å². The van der Waals surface area contributed by atoms with Crippen LogP contribution in [-0.4, -0.2) is 82.7 Å². The molecule has 5 amide bonds. The highest BCUT2D eigenvalue weighted by Crippen LogP contribution is 2.44. The summed E-state index contributed by atoms with van der Waals surface area (Å²) in [6.07, 6.45) is 10.6. The van der Waals surface area contributed by atoms with Gasteiger partial charge in [0.2, 0.25) is 27.7 Å². The summed E-state index contributed by atoms with van der Waals surface area (Å²) >= 11 is 0. The van der Waals surface area contributed by atoms with Crippen LogP contribution >= 0.6 is 0 Å². The zero-order valence-corrected chi connectivity index (χ0v) is 31.6. The number of fused-ring (bicyclic) bond motifs is 1. The van der Waals surface area contributed by atoms with Gasteiger partial charge in [-0.15, -0.1) is 0 Å². The Hall–Kier alpha value is -4.21. The summed E-state index contributed by atoms with van der Waals surface area (Å²) in [4.78, 5) is 59.5. The summed E-state index contributed by atoms with van der Waals surface area (Å²) in [5, 5.41) is 11.1. The minimum Gasteiger partial charge on any atom is -0.465 e. The summed E-state index contributed by atoms with van der Waals surface area (Å²) in [7, 11) is -3.47. The maximum atomic E-state index is 13.1. The normalized spacial score (nSPS) is 21.2. The minimum absolute atomic E-state index is 0.144. The minimum atomic E-state index is -3.47. The molecule has 1 saturated heterocycles. The number of hydrogen-bond acceptors (Lipinski definition) is 8. The molecule has 290 valence electrons. The van der Waals surface area contributed by atoms with Crippen LogP contribution in [0.1, 0.15) is 104 Å². The average molecular weight is 752 g/mol. The van der Waals surface area contributed by atoms with Gasteiger partial charge < -0.3 is 25.8 Å². The number of sulfonamides is 1. The molecule has 0 spiro atoms. The van der Waals surface area contributed by atoms with E-state index in [0.29, 0.717) is 37.9 Å². The van der Waals surface area contributed by atoms with Crippen molar-refractivity contribution in [2.45, 2.75) is 122 Å². The van der Waals surface area contributed by atoms with Crippen molar-refractivity contribution >= 4 is 39.9 Å². The molecule has 14 nitrogen and oxygen atoms in total. The van der Waals surface area contributed by atoms with Crippen LogP contribution in [0, 0.1) is 17.7 Å². The van der Waals surface area contributed by atoms with E-state index in [-0.39, 0.29) is 42.6 Å². The number of allylic oxidation sites excluding steroid dienone is 2.